The molecule has 3 aromatic carbocycles. The number of carbonyl (C=O) groups is 2. The third kappa shape index (κ3) is 6.03. The van der Waals surface area contributed by atoms with E-state index in [1.165, 1.54) is 18.2 Å². The number of halogens is 2. The van der Waals surface area contributed by atoms with Crippen LogP contribution in [0.1, 0.15) is 30.4 Å². The van der Waals surface area contributed by atoms with Crippen LogP contribution < -0.4 is 4.90 Å². The third-order valence-electron chi connectivity index (χ3n) is 8.40. The maximum Gasteiger partial charge on any atom is 0.260 e. The fraction of sp³-hybridized carbons (Fsp3) is 0.333. The van der Waals surface area contributed by atoms with Crippen LogP contribution in [0, 0.1) is 17.6 Å². The van der Waals surface area contributed by atoms with Crippen molar-refractivity contribution in [3.05, 3.63) is 107 Å². The molecule has 1 saturated carbocycles. The zero-order chi connectivity index (χ0) is 28.3. The number of para-hydroxylation sites is 1. The van der Waals surface area contributed by atoms with Crippen molar-refractivity contribution in [3.63, 3.8) is 0 Å². The van der Waals surface area contributed by atoms with E-state index >= 15 is 0 Å². The highest BCUT2D eigenvalue weighted by Gasteiger charge is 2.45. The lowest BCUT2D eigenvalue weighted by Crippen LogP contribution is -2.55. The fourth-order valence-corrected chi connectivity index (χ4v) is 7.64. The zero-order valence-corrected chi connectivity index (χ0v) is 23.6. The van der Waals surface area contributed by atoms with Gasteiger partial charge in [0.25, 0.3) is 5.91 Å². The summed E-state index contributed by atoms with van der Waals surface area (Å²) >= 11 is 1.63. The van der Waals surface area contributed by atoms with Crippen LogP contribution >= 0.6 is 11.8 Å². The minimum atomic E-state index is -0.310. The van der Waals surface area contributed by atoms with Crippen molar-refractivity contribution >= 4 is 35.3 Å². The van der Waals surface area contributed by atoms with Crippen LogP contribution in [-0.4, -0.2) is 59.1 Å². The number of hydrogen-bond donors (Lipinski definition) is 0. The number of hydrogen-bond acceptors (Lipinski definition) is 4. The summed E-state index contributed by atoms with van der Waals surface area (Å²) in [6.07, 6.45) is 4.17. The lowest BCUT2D eigenvalue weighted by atomic mass is 9.83. The van der Waals surface area contributed by atoms with Crippen LogP contribution in [0.2, 0.25) is 0 Å². The summed E-state index contributed by atoms with van der Waals surface area (Å²) in [5.41, 5.74) is 2.41. The van der Waals surface area contributed by atoms with Gasteiger partial charge in [-0.1, -0.05) is 54.6 Å². The van der Waals surface area contributed by atoms with Gasteiger partial charge in [0.1, 0.15) is 11.6 Å². The molecule has 0 N–H and O–H groups in total. The Hall–Kier alpha value is -3.65. The first-order valence-electron chi connectivity index (χ1n) is 14.2. The average molecular weight is 574 g/mol. The second-order valence-corrected chi connectivity index (χ2v) is 12.3. The summed E-state index contributed by atoms with van der Waals surface area (Å²) in [6.45, 7) is 2.65. The summed E-state index contributed by atoms with van der Waals surface area (Å²) in [5, 5.41) is 0.185. The van der Waals surface area contributed by atoms with Crippen molar-refractivity contribution < 1.29 is 18.4 Å². The second kappa shape index (κ2) is 12.1. The monoisotopic (exact) mass is 573 g/mol. The summed E-state index contributed by atoms with van der Waals surface area (Å²) < 4.78 is 27.9. The Balaban J connectivity index is 1.18. The molecular formula is C33H33F2N3O2S. The maximum absolute atomic E-state index is 14.3. The molecule has 2 heterocycles. The Labute approximate surface area is 243 Å². The second-order valence-electron chi connectivity index (χ2n) is 11.0. The van der Waals surface area contributed by atoms with E-state index in [1.54, 1.807) is 36.0 Å². The van der Waals surface area contributed by atoms with Crippen molar-refractivity contribution in [1.29, 1.82) is 0 Å². The van der Waals surface area contributed by atoms with Crippen molar-refractivity contribution in [2.24, 2.45) is 5.92 Å². The first-order chi connectivity index (χ1) is 20.0. The molecule has 3 fully saturated rings. The number of fused-ring (bicyclic) bond motifs is 1. The van der Waals surface area contributed by atoms with Gasteiger partial charge in [0, 0.05) is 49.9 Å². The van der Waals surface area contributed by atoms with Gasteiger partial charge in [0.15, 0.2) is 0 Å². The lowest BCUT2D eigenvalue weighted by Gasteiger charge is -2.47. The van der Waals surface area contributed by atoms with Gasteiger partial charge in [-0.2, -0.15) is 0 Å². The molecule has 3 aliphatic rings. The maximum atomic E-state index is 14.3. The lowest BCUT2D eigenvalue weighted by molar-refractivity contribution is -0.140. The van der Waals surface area contributed by atoms with E-state index in [-0.39, 0.29) is 40.7 Å². The third-order valence-corrected chi connectivity index (χ3v) is 9.80. The molecular weight excluding hydrogens is 540 g/mol. The van der Waals surface area contributed by atoms with Gasteiger partial charge in [-0.15, -0.1) is 11.8 Å². The van der Waals surface area contributed by atoms with Gasteiger partial charge < -0.3 is 14.7 Å². The molecule has 5 nitrogen and oxygen atoms in total. The summed E-state index contributed by atoms with van der Waals surface area (Å²) in [7, 11) is 0. The molecule has 3 unspecified atom stereocenters. The standard InChI is InChI=1S/C33H33F2N3O2S/c34-26-13-10-24(11-14-26)22-38-29-21-25(12-15-30(29)41-31(33(38)40)20-23-6-2-1-3-7-23)32(39)37-18-16-36(17-19-37)28-9-5-4-8-27(28)35/h1-11,13-14,20,25,29-30H,12,15-19,21-22H2/b31-20-. The highest BCUT2D eigenvalue weighted by molar-refractivity contribution is 8.04. The highest BCUT2D eigenvalue weighted by Crippen LogP contribution is 2.44. The number of thioether (sulfide) groups is 1. The number of piperazine rings is 1. The predicted octanol–water partition coefficient (Wildman–Crippen LogP) is 5.97. The van der Waals surface area contributed by atoms with Gasteiger partial charge >= 0.3 is 0 Å². The van der Waals surface area contributed by atoms with Crippen LogP contribution in [0.25, 0.3) is 6.08 Å². The number of nitrogens with zero attached hydrogens (tertiary/aromatic N) is 3. The Morgan fingerprint density at radius 2 is 1.59 bits per heavy atom. The molecule has 0 spiro atoms. The van der Waals surface area contributed by atoms with E-state index < -0.39 is 0 Å². The van der Waals surface area contributed by atoms with E-state index in [2.05, 4.69) is 0 Å². The normalized spacial score (nSPS) is 24.0. The molecule has 3 atom stereocenters. The van der Waals surface area contributed by atoms with Gasteiger partial charge in [-0.05, 0) is 60.7 Å². The van der Waals surface area contributed by atoms with E-state index in [0.717, 1.165) is 24.0 Å². The molecule has 8 heteroatoms. The Morgan fingerprint density at radius 3 is 2.32 bits per heavy atom. The minimum absolute atomic E-state index is 0.0453. The van der Waals surface area contributed by atoms with E-state index in [1.807, 2.05) is 57.2 Å². The molecule has 2 saturated heterocycles. The Bertz CT molecular complexity index is 1420. The van der Waals surface area contributed by atoms with Crippen LogP contribution in [0.5, 0.6) is 0 Å². The van der Waals surface area contributed by atoms with Crippen molar-refractivity contribution in [3.8, 4) is 0 Å². The molecule has 2 amide bonds. The first-order valence-corrected chi connectivity index (χ1v) is 15.1. The molecule has 0 bridgehead atoms. The number of anilines is 1. The Kier molecular flexibility index (Phi) is 8.10. The largest absolute Gasteiger partial charge is 0.366 e. The highest BCUT2D eigenvalue weighted by atomic mass is 32.2. The first kappa shape index (κ1) is 27.5. The quantitative estimate of drug-likeness (QED) is 0.353. The number of amides is 2. The summed E-state index contributed by atoms with van der Waals surface area (Å²) in [6, 6.07) is 22.8. The molecule has 2 aliphatic heterocycles. The molecule has 3 aromatic rings. The smallest absolute Gasteiger partial charge is 0.260 e. The van der Waals surface area contributed by atoms with Crippen LogP contribution in [0.4, 0.5) is 14.5 Å². The minimum Gasteiger partial charge on any atom is -0.366 e. The Morgan fingerprint density at radius 1 is 0.878 bits per heavy atom. The van der Waals surface area contributed by atoms with E-state index in [9.17, 15) is 18.4 Å². The average Bonchev–Trinajstić information content (AvgIpc) is 3.00. The van der Waals surface area contributed by atoms with Gasteiger partial charge in [-0.3, -0.25) is 9.59 Å². The number of benzene rings is 3. The molecule has 6 rings (SSSR count). The fourth-order valence-electron chi connectivity index (χ4n) is 6.22. The number of carbonyl (C=O) groups excluding carboxylic acids is 2. The zero-order valence-electron chi connectivity index (χ0n) is 22.8. The van der Waals surface area contributed by atoms with Crippen LogP contribution in [-0.2, 0) is 16.1 Å². The van der Waals surface area contributed by atoms with Crippen LogP contribution in [0.3, 0.4) is 0 Å². The van der Waals surface area contributed by atoms with Gasteiger partial charge in [0.2, 0.25) is 5.91 Å². The summed E-state index contributed by atoms with van der Waals surface area (Å²) in [4.78, 5) is 34.1. The molecule has 0 aromatic heterocycles. The van der Waals surface area contributed by atoms with Crippen molar-refractivity contribution in [1.82, 2.24) is 9.80 Å². The van der Waals surface area contributed by atoms with Crippen molar-refractivity contribution in [2.45, 2.75) is 37.1 Å². The van der Waals surface area contributed by atoms with Gasteiger partial charge in [0.05, 0.1) is 10.6 Å². The predicted molar refractivity (Wildman–Crippen MR) is 159 cm³/mol. The topological polar surface area (TPSA) is 43.9 Å². The molecule has 1 aliphatic carbocycles. The summed E-state index contributed by atoms with van der Waals surface area (Å²) in [5.74, 6) is -0.639. The molecule has 0 radical (unpaired) electrons. The van der Waals surface area contributed by atoms with E-state index in [4.69, 9.17) is 0 Å². The van der Waals surface area contributed by atoms with Gasteiger partial charge in [-0.25, -0.2) is 8.78 Å². The number of rotatable bonds is 5. The van der Waals surface area contributed by atoms with Crippen LogP contribution in [0.15, 0.2) is 83.8 Å². The molecule has 41 heavy (non-hydrogen) atoms. The molecule has 212 valence electrons. The van der Waals surface area contributed by atoms with Crippen molar-refractivity contribution in [2.75, 3.05) is 31.1 Å². The van der Waals surface area contributed by atoms with E-state index in [0.29, 0.717) is 49.7 Å². The SMILES string of the molecule is O=C(C1CCC2S/C(=C\c3ccccc3)C(=O)N(Cc3ccc(F)cc3)C2C1)N1CCN(c2ccccc2F)CC1.